The van der Waals surface area contributed by atoms with Crippen molar-refractivity contribution >= 4 is 37.9 Å². The number of carbonyl (C=O) groups excluding carboxylic acids is 1. The molecule has 2 amide bonds. The van der Waals surface area contributed by atoms with Crippen LogP contribution in [0.15, 0.2) is 45.3 Å². The zero-order valence-corrected chi connectivity index (χ0v) is 33.9. The number of amides is 2. The van der Waals surface area contributed by atoms with Crippen molar-refractivity contribution < 1.29 is 9.53 Å². The van der Waals surface area contributed by atoms with Crippen LogP contribution >= 0.6 is 31.9 Å². The highest BCUT2D eigenvalue weighted by molar-refractivity contribution is 9.10. The molecular formula is C41H61Br2N5O2. The van der Waals surface area contributed by atoms with Crippen molar-refractivity contribution in [2.24, 2.45) is 0 Å². The van der Waals surface area contributed by atoms with Gasteiger partial charge >= 0.3 is 6.03 Å². The van der Waals surface area contributed by atoms with Crippen LogP contribution < -0.4 is 5.32 Å². The predicted molar refractivity (Wildman–Crippen MR) is 212 cm³/mol. The predicted octanol–water partition coefficient (Wildman–Crippen LogP) is 7.71. The normalized spacial score (nSPS) is 23.3. The van der Waals surface area contributed by atoms with E-state index in [1.807, 2.05) is 4.90 Å². The minimum Gasteiger partial charge on any atom is -0.378 e. The monoisotopic (exact) mass is 813 g/mol. The number of hydrogen-bond acceptors (Lipinski definition) is 5. The number of halogens is 2. The average Bonchev–Trinajstić information content (AvgIpc) is 3.16. The number of rotatable bonds is 8. The minimum atomic E-state index is 0.213. The smallest absolute Gasteiger partial charge is 0.320 e. The Morgan fingerprint density at radius 2 is 1.16 bits per heavy atom. The summed E-state index contributed by atoms with van der Waals surface area (Å²) >= 11 is 7.28. The van der Waals surface area contributed by atoms with Gasteiger partial charge in [0.2, 0.25) is 0 Å². The molecule has 7 rings (SSSR count). The molecule has 2 aromatic carbocycles. The number of aryl methyl sites for hydroxylation is 2. The lowest BCUT2D eigenvalue weighted by Crippen LogP contribution is -2.54. The Bertz CT molecular complexity index is 1370. The molecule has 2 aliphatic carbocycles. The van der Waals surface area contributed by atoms with E-state index >= 15 is 0 Å². The first-order chi connectivity index (χ1) is 24.4. The third-order valence-corrected chi connectivity index (χ3v) is 12.9. The summed E-state index contributed by atoms with van der Waals surface area (Å²) in [5.74, 6) is 0. The first-order valence-corrected chi connectivity index (χ1v) is 21.4. The number of piperidine rings is 2. The van der Waals surface area contributed by atoms with Crippen molar-refractivity contribution in [1.29, 1.82) is 0 Å². The largest absolute Gasteiger partial charge is 0.378 e. The maximum Gasteiger partial charge on any atom is 0.320 e. The molecule has 2 atom stereocenters. The van der Waals surface area contributed by atoms with Crippen LogP contribution in [0.3, 0.4) is 0 Å². The summed E-state index contributed by atoms with van der Waals surface area (Å²) in [5, 5.41) is 3.50. The number of nitrogens with one attached hydrogen (secondary N) is 1. The number of likely N-dealkylation sites (tertiary alicyclic amines) is 1. The molecule has 0 saturated carbocycles. The summed E-state index contributed by atoms with van der Waals surface area (Å²) in [4.78, 5) is 22.5. The van der Waals surface area contributed by atoms with Crippen molar-refractivity contribution in [3.8, 4) is 0 Å². The molecule has 1 N–H and O–H groups in total. The van der Waals surface area contributed by atoms with Gasteiger partial charge < -0.3 is 19.9 Å². The third-order valence-electron chi connectivity index (χ3n) is 11.9. The molecule has 276 valence electrons. The Labute approximate surface area is 319 Å². The van der Waals surface area contributed by atoms with E-state index in [9.17, 15) is 4.79 Å². The third kappa shape index (κ3) is 9.93. The number of nitrogens with zero attached hydrogens (tertiary/aromatic N) is 4. The lowest BCUT2D eigenvalue weighted by Gasteiger charge is -2.44. The lowest BCUT2D eigenvalue weighted by atomic mass is 9.86. The molecule has 2 unspecified atom stereocenters. The number of morpholine rings is 1. The second kappa shape index (κ2) is 19.0. The highest BCUT2D eigenvalue weighted by atomic mass is 79.9. The van der Waals surface area contributed by atoms with E-state index in [1.165, 1.54) is 97.5 Å². The number of ether oxygens (including phenoxy) is 1. The first-order valence-electron chi connectivity index (χ1n) is 19.8. The summed E-state index contributed by atoms with van der Waals surface area (Å²) in [6, 6.07) is 16.6. The van der Waals surface area contributed by atoms with Gasteiger partial charge in [0, 0.05) is 59.3 Å². The molecule has 2 aromatic rings. The van der Waals surface area contributed by atoms with Crippen molar-refractivity contribution in [2.75, 3.05) is 65.6 Å². The highest BCUT2D eigenvalue weighted by Crippen LogP contribution is 2.32. The average molecular weight is 816 g/mol. The minimum absolute atomic E-state index is 0.213. The summed E-state index contributed by atoms with van der Waals surface area (Å²) in [5.41, 5.74) is 6.16. The lowest BCUT2D eigenvalue weighted by molar-refractivity contribution is 0.0330. The summed E-state index contributed by atoms with van der Waals surface area (Å²) < 4.78 is 7.81. The SMILES string of the molecule is CCCN(C1CCN(C(=O)N2CCOCC2)CC1)C1CCc2ccc(Br)cc2C1.CCCN(C1CCNCC1)C1CCc2ccc(Br)cc2C1. The Hall–Kier alpha value is -1.49. The van der Waals surface area contributed by atoms with Gasteiger partial charge in [0.25, 0.3) is 0 Å². The zero-order valence-electron chi connectivity index (χ0n) is 30.7. The summed E-state index contributed by atoms with van der Waals surface area (Å²) in [6.07, 6.45) is 14.7. The maximum absolute atomic E-state index is 12.8. The van der Waals surface area contributed by atoms with Crippen LogP contribution in [0.5, 0.6) is 0 Å². The van der Waals surface area contributed by atoms with E-state index in [0.29, 0.717) is 25.3 Å². The van der Waals surface area contributed by atoms with E-state index in [4.69, 9.17) is 4.74 Å². The van der Waals surface area contributed by atoms with Gasteiger partial charge in [0.15, 0.2) is 0 Å². The Morgan fingerprint density at radius 3 is 1.66 bits per heavy atom. The van der Waals surface area contributed by atoms with Crippen LogP contribution in [0, 0.1) is 0 Å². The van der Waals surface area contributed by atoms with E-state index in [1.54, 1.807) is 11.1 Å². The molecule has 3 saturated heterocycles. The summed E-state index contributed by atoms with van der Waals surface area (Å²) in [6.45, 7) is 14.0. The van der Waals surface area contributed by atoms with Crippen LogP contribution in [0.2, 0.25) is 0 Å². The van der Waals surface area contributed by atoms with Gasteiger partial charge in [-0.2, -0.15) is 0 Å². The zero-order chi connectivity index (χ0) is 34.9. The standard InChI is InChI=1S/C23H34BrN3O2.C18H27BrN2/c1-2-9-27(22-6-4-18-3-5-20(24)16-19(18)17-22)21-7-10-25(11-8-21)23(28)26-12-14-29-15-13-26;1-2-11-21(17-7-9-20-10-8-17)18-6-4-14-3-5-16(19)12-15(14)13-18/h3,5,16,21-22H,2,4,6-15,17H2,1H3;3,5,12,17-18,20H,2,4,6-11,13H2,1H3. The maximum atomic E-state index is 12.8. The molecule has 0 spiro atoms. The fraction of sp³-hybridized carbons (Fsp3) is 0.683. The molecule has 0 aromatic heterocycles. The Balaban J connectivity index is 0.000000182. The van der Waals surface area contributed by atoms with Crippen molar-refractivity contribution in [3.63, 3.8) is 0 Å². The number of hydrogen-bond donors (Lipinski definition) is 1. The molecular weight excluding hydrogens is 754 g/mol. The second-order valence-electron chi connectivity index (χ2n) is 15.2. The van der Waals surface area contributed by atoms with Gasteiger partial charge in [-0.1, -0.05) is 57.8 Å². The molecule has 7 nitrogen and oxygen atoms in total. The highest BCUT2D eigenvalue weighted by Gasteiger charge is 2.34. The van der Waals surface area contributed by atoms with Crippen LogP contribution in [-0.4, -0.2) is 115 Å². The second-order valence-corrected chi connectivity index (χ2v) is 17.0. The first kappa shape index (κ1) is 38.2. The van der Waals surface area contributed by atoms with Crippen molar-refractivity contribution in [1.82, 2.24) is 24.9 Å². The van der Waals surface area contributed by atoms with Crippen LogP contribution in [-0.2, 0) is 30.4 Å². The fourth-order valence-electron chi connectivity index (χ4n) is 9.30. The van der Waals surface area contributed by atoms with Gasteiger partial charge in [-0.15, -0.1) is 0 Å². The molecule has 0 bridgehead atoms. The van der Waals surface area contributed by atoms with E-state index in [2.05, 4.69) is 102 Å². The topological polar surface area (TPSA) is 51.3 Å². The van der Waals surface area contributed by atoms with Crippen molar-refractivity contribution in [3.05, 3.63) is 67.6 Å². The Kier molecular flexibility index (Phi) is 14.5. The van der Waals surface area contributed by atoms with E-state index in [-0.39, 0.29) is 6.03 Å². The molecule has 3 aliphatic heterocycles. The van der Waals surface area contributed by atoms with Crippen LogP contribution in [0.25, 0.3) is 0 Å². The van der Waals surface area contributed by atoms with Crippen LogP contribution in [0.4, 0.5) is 4.79 Å². The van der Waals surface area contributed by atoms with Crippen molar-refractivity contribution in [2.45, 2.75) is 115 Å². The molecule has 0 radical (unpaired) electrons. The van der Waals surface area contributed by atoms with Gasteiger partial charge in [0.05, 0.1) is 13.2 Å². The summed E-state index contributed by atoms with van der Waals surface area (Å²) in [7, 11) is 0. The molecule has 5 aliphatic rings. The molecule has 3 heterocycles. The van der Waals surface area contributed by atoms with Gasteiger partial charge in [-0.25, -0.2) is 4.79 Å². The molecule has 9 heteroatoms. The van der Waals surface area contributed by atoms with Gasteiger partial charge in [-0.3, -0.25) is 9.80 Å². The van der Waals surface area contributed by atoms with E-state index in [0.717, 1.165) is 64.1 Å². The quantitative estimate of drug-likeness (QED) is 0.296. The van der Waals surface area contributed by atoms with Gasteiger partial charge in [0.1, 0.15) is 0 Å². The number of urea groups is 1. The number of benzene rings is 2. The number of fused-ring (bicyclic) bond motifs is 2. The molecule has 3 fully saturated rings. The van der Waals surface area contributed by atoms with Crippen LogP contribution in [0.1, 0.15) is 87.5 Å². The molecule has 50 heavy (non-hydrogen) atoms. The fourth-order valence-corrected chi connectivity index (χ4v) is 10.1. The van der Waals surface area contributed by atoms with Gasteiger partial charge in [-0.05, 0) is 150 Å². The Morgan fingerprint density at radius 1 is 0.680 bits per heavy atom. The van der Waals surface area contributed by atoms with E-state index < -0.39 is 0 Å². The number of carbonyl (C=O) groups is 1.